The summed E-state index contributed by atoms with van der Waals surface area (Å²) in [6, 6.07) is 8.84. The number of halogens is 1. The van der Waals surface area contributed by atoms with Crippen LogP contribution in [-0.4, -0.2) is 28.9 Å². The molecule has 1 aliphatic heterocycles. The monoisotopic (exact) mass is 386 g/mol. The van der Waals surface area contributed by atoms with Gasteiger partial charge in [-0.1, -0.05) is 12.1 Å². The van der Waals surface area contributed by atoms with Crippen LogP contribution in [0, 0.1) is 11.7 Å². The second-order valence-electron chi connectivity index (χ2n) is 6.62. The Bertz CT molecular complexity index is 883. The van der Waals surface area contributed by atoms with E-state index in [2.05, 4.69) is 4.98 Å². The fraction of sp³-hybridized carbons (Fsp3) is 0.300. The second kappa shape index (κ2) is 7.68. The van der Waals surface area contributed by atoms with Crippen molar-refractivity contribution in [3.8, 4) is 10.6 Å². The van der Waals surface area contributed by atoms with Gasteiger partial charge in [-0.05, 0) is 54.3 Å². The van der Waals surface area contributed by atoms with E-state index < -0.39 is 0 Å². The fourth-order valence-corrected chi connectivity index (χ4v) is 4.90. The largest absolute Gasteiger partial charge is 0.337 e. The topological polar surface area (TPSA) is 33.2 Å². The number of benzene rings is 1. The van der Waals surface area contributed by atoms with Crippen molar-refractivity contribution in [3.05, 3.63) is 63.5 Å². The van der Waals surface area contributed by atoms with E-state index in [4.69, 9.17) is 0 Å². The van der Waals surface area contributed by atoms with E-state index >= 15 is 0 Å². The summed E-state index contributed by atoms with van der Waals surface area (Å²) in [7, 11) is 0. The maximum absolute atomic E-state index is 13.3. The number of hydrogen-bond acceptors (Lipinski definition) is 4. The summed E-state index contributed by atoms with van der Waals surface area (Å²) in [5.74, 6) is 0.338. The van der Waals surface area contributed by atoms with Crippen LogP contribution in [0.5, 0.6) is 0 Å². The number of piperidine rings is 1. The second-order valence-corrected chi connectivity index (χ2v) is 8.26. The van der Waals surface area contributed by atoms with Gasteiger partial charge >= 0.3 is 0 Å². The van der Waals surface area contributed by atoms with Gasteiger partial charge in [0, 0.05) is 29.4 Å². The first-order chi connectivity index (χ1) is 12.7. The molecule has 26 heavy (non-hydrogen) atoms. The zero-order valence-electron chi connectivity index (χ0n) is 14.2. The standard InChI is InChI=1S/C20H19FN2OS2/c21-17-3-1-2-15(11-17)10-14-4-7-23(8-5-14)20(24)18-13-26-19(22-18)16-6-9-25-12-16/h1-3,6,9,11-14H,4-5,7-8,10H2. The lowest BCUT2D eigenvalue weighted by Gasteiger charge is -2.31. The van der Waals surface area contributed by atoms with Crippen LogP contribution in [0.25, 0.3) is 10.6 Å². The van der Waals surface area contributed by atoms with Crippen molar-refractivity contribution < 1.29 is 9.18 Å². The minimum absolute atomic E-state index is 0.0203. The molecule has 0 aliphatic carbocycles. The van der Waals surface area contributed by atoms with Crippen molar-refractivity contribution in [2.75, 3.05) is 13.1 Å². The van der Waals surface area contributed by atoms with Crippen LogP contribution >= 0.6 is 22.7 Å². The van der Waals surface area contributed by atoms with Crippen molar-refractivity contribution in [2.45, 2.75) is 19.3 Å². The average molecular weight is 387 g/mol. The Kier molecular flexibility index (Phi) is 5.13. The first-order valence-corrected chi connectivity index (χ1v) is 10.5. The number of rotatable bonds is 4. The summed E-state index contributed by atoms with van der Waals surface area (Å²) >= 11 is 3.15. The number of amides is 1. The minimum atomic E-state index is -0.180. The van der Waals surface area contributed by atoms with Gasteiger partial charge in [-0.25, -0.2) is 9.37 Å². The third kappa shape index (κ3) is 3.86. The lowest BCUT2D eigenvalue weighted by atomic mass is 9.90. The molecule has 0 saturated carbocycles. The zero-order chi connectivity index (χ0) is 17.9. The van der Waals surface area contributed by atoms with Crippen molar-refractivity contribution in [3.63, 3.8) is 0 Å². The molecule has 134 valence electrons. The van der Waals surface area contributed by atoms with Crippen LogP contribution in [-0.2, 0) is 6.42 Å². The summed E-state index contributed by atoms with van der Waals surface area (Å²) in [6.07, 6.45) is 2.77. The van der Waals surface area contributed by atoms with Crippen LogP contribution in [0.2, 0.25) is 0 Å². The Labute approximate surface area is 160 Å². The molecule has 1 aromatic carbocycles. The molecule has 1 saturated heterocycles. The van der Waals surface area contributed by atoms with Crippen LogP contribution in [0.1, 0.15) is 28.9 Å². The Morgan fingerprint density at radius 1 is 1.23 bits per heavy atom. The average Bonchev–Trinajstić information content (AvgIpc) is 3.33. The number of nitrogens with zero attached hydrogens (tertiary/aromatic N) is 2. The molecule has 2 aromatic heterocycles. The third-order valence-electron chi connectivity index (χ3n) is 4.81. The molecular weight excluding hydrogens is 367 g/mol. The molecular formula is C20H19FN2OS2. The third-order valence-corrected chi connectivity index (χ3v) is 6.38. The van der Waals surface area contributed by atoms with Gasteiger partial charge in [0.25, 0.3) is 5.91 Å². The van der Waals surface area contributed by atoms with Crippen molar-refractivity contribution in [2.24, 2.45) is 5.92 Å². The van der Waals surface area contributed by atoms with Gasteiger partial charge in [-0.15, -0.1) is 11.3 Å². The molecule has 3 aromatic rings. The van der Waals surface area contributed by atoms with E-state index in [1.54, 1.807) is 23.5 Å². The normalized spacial score (nSPS) is 15.3. The van der Waals surface area contributed by atoms with Gasteiger partial charge in [0.2, 0.25) is 0 Å². The molecule has 6 heteroatoms. The highest BCUT2D eigenvalue weighted by Gasteiger charge is 2.25. The SMILES string of the molecule is O=C(c1csc(-c2ccsc2)n1)N1CCC(Cc2cccc(F)c2)CC1. The molecule has 0 unspecified atom stereocenters. The van der Waals surface area contributed by atoms with E-state index in [1.807, 2.05) is 33.2 Å². The Morgan fingerprint density at radius 2 is 2.08 bits per heavy atom. The summed E-state index contributed by atoms with van der Waals surface area (Å²) in [6.45, 7) is 1.48. The number of hydrogen-bond donors (Lipinski definition) is 0. The van der Waals surface area contributed by atoms with Crippen molar-refractivity contribution in [1.29, 1.82) is 0 Å². The highest BCUT2D eigenvalue weighted by Crippen LogP contribution is 2.27. The number of thiazole rings is 1. The first kappa shape index (κ1) is 17.4. The molecule has 0 atom stereocenters. The first-order valence-electron chi connectivity index (χ1n) is 8.71. The summed E-state index contributed by atoms with van der Waals surface area (Å²) in [5.41, 5.74) is 2.65. The van der Waals surface area contributed by atoms with E-state index in [1.165, 1.54) is 17.4 Å². The lowest BCUT2D eigenvalue weighted by Crippen LogP contribution is -2.39. The van der Waals surface area contributed by atoms with Crippen LogP contribution in [0.3, 0.4) is 0 Å². The minimum Gasteiger partial charge on any atom is -0.337 e. The lowest BCUT2D eigenvalue weighted by molar-refractivity contribution is 0.0685. The smallest absolute Gasteiger partial charge is 0.273 e. The highest BCUT2D eigenvalue weighted by atomic mass is 32.1. The molecule has 3 nitrogen and oxygen atoms in total. The fourth-order valence-electron chi connectivity index (χ4n) is 3.39. The van der Waals surface area contributed by atoms with Gasteiger partial charge in [0.1, 0.15) is 16.5 Å². The summed E-state index contributed by atoms with van der Waals surface area (Å²) in [4.78, 5) is 19.1. The Morgan fingerprint density at radius 3 is 2.81 bits per heavy atom. The molecule has 3 heterocycles. The van der Waals surface area contributed by atoms with Gasteiger partial charge in [-0.3, -0.25) is 4.79 Å². The zero-order valence-corrected chi connectivity index (χ0v) is 15.9. The number of likely N-dealkylation sites (tertiary alicyclic amines) is 1. The van der Waals surface area contributed by atoms with Gasteiger partial charge in [0.15, 0.2) is 0 Å². The summed E-state index contributed by atoms with van der Waals surface area (Å²) < 4.78 is 13.3. The van der Waals surface area contributed by atoms with E-state index in [0.29, 0.717) is 11.6 Å². The molecule has 0 N–H and O–H groups in total. The van der Waals surface area contributed by atoms with Crippen LogP contribution in [0.4, 0.5) is 4.39 Å². The molecule has 0 bridgehead atoms. The van der Waals surface area contributed by atoms with Crippen molar-refractivity contribution in [1.82, 2.24) is 9.88 Å². The highest BCUT2D eigenvalue weighted by molar-refractivity contribution is 7.14. The quantitative estimate of drug-likeness (QED) is 0.625. The predicted molar refractivity (Wildman–Crippen MR) is 104 cm³/mol. The maximum Gasteiger partial charge on any atom is 0.273 e. The molecule has 0 radical (unpaired) electrons. The Hall–Kier alpha value is -2.05. The van der Waals surface area contributed by atoms with Gasteiger partial charge < -0.3 is 4.90 Å². The van der Waals surface area contributed by atoms with E-state index in [9.17, 15) is 9.18 Å². The predicted octanol–water partition coefficient (Wildman–Crippen LogP) is 5.11. The van der Waals surface area contributed by atoms with Crippen LogP contribution < -0.4 is 0 Å². The van der Waals surface area contributed by atoms with Gasteiger partial charge in [-0.2, -0.15) is 11.3 Å². The molecule has 1 fully saturated rings. The van der Waals surface area contributed by atoms with E-state index in [-0.39, 0.29) is 11.7 Å². The number of aromatic nitrogens is 1. The number of thiophene rings is 1. The Balaban J connectivity index is 1.35. The molecule has 4 rings (SSSR count). The molecule has 1 aliphatic rings. The number of carbonyl (C=O) groups is 1. The van der Waals surface area contributed by atoms with E-state index in [0.717, 1.165) is 48.5 Å². The number of carbonyl (C=O) groups excluding carboxylic acids is 1. The maximum atomic E-state index is 13.3. The molecule has 0 spiro atoms. The van der Waals surface area contributed by atoms with Crippen molar-refractivity contribution >= 4 is 28.6 Å². The molecule has 1 amide bonds. The summed E-state index contributed by atoms with van der Waals surface area (Å²) in [5, 5.41) is 6.82. The van der Waals surface area contributed by atoms with Gasteiger partial charge in [0.05, 0.1) is 0 Å². The van der Waals surface area contributed by atoms with Crippen LogP contribution in [0.15, 0.2) is 46.5 Å².